The number of benzene rings is 6. The highest BCUT2D eigenvalue weighted by atomic mass is 19.2. The number of rotatable bonds is 9. The number of hydrogen-bond donors (Lipinski definition) is 0. The number of pyridine rings is 1. The summed E-state index contributed by atoms with van der Waals surface area (Å²) in [5, 5.41) is 4.99. The lowest BCUT2D eigenvalue weighted by molar-refractivity contribution is -0.689. The normalized spacial score (nSPS) is 11.4. The van der Waals surface area contributed by atoms with E-state index in [4.69, 9.17) is 10.3 Å². The van der Waals surface area contributed by atoms with Crippen LogP contribution in [-0.2, 0) is 11.3 Å². The van der Waals surface area contributed by atoms with Crippen LogP contribution >= 0.6 is 0 Å². The van der Waals surface area contributed by atoms with Gasteiger partial charge in [-0.05, 0) is 17.0 Å². The first-order valence-corrected chi connectivity index (χ1v) is 18.4. The van der Waals surface area contributed by atoms with Crippen molar-refractivity contribution in [1.29, 1.82) is 0 Å². The maximum Gasteiger partial charge on any atom is 0.404 e. The smallest absolute Gasteiger partial charge is 0.404 e. The number of hydrogen-bond acceptors (Lipinski definition) is 3. The molecule has 0 bridgehead atoms. The minimum absolute atomic E-state index is 0.329. The van der Waals surface area contributed by atoms with E-state index in [0.29, 0.717) is 12.2 Å². The molecule has 0 saturated carbocycles. The maximum absolute atomic E-state index is 15.4. The number of fused-ring (bicyclic) bond motifs is 1. The minimum Gasteiger partial charge on any atom is -0.452 e. The molecule has 0 saturated heterocycles. The molecule has 6 aromatic carbocycles. The lowest BCUT2D eigenvalue weighted by atomic mass is 9.12. The monoisotopic (exact) mass is 998 g/mol. The van der Waals surface area contributed by atoms with Gasteiger partial charge in [-0.15, -0.1) is 21.9 Å². The van der Waals surface area contributed by atoms with Crippen molar-refractivity contribution >= 4 is 44.7 Å². The van der Waals surface area contributed by atoms with Gasteiger partial charge >= 0.3 is 5.97 Å². The number of aromatic nitrogens is 1. The summed E-state index contributed by atoms with van der Waals surface area (Å²) in [4.78, 5) is 15.1. The van der Waals surface area contributed by atoms with E-state index in [1.807, 2.05) is 71.4 Å². The Balaban J connectivity index is 0.000000273. The van der Waals surface area contributed by atoms with Crippen molar-refractivity contribution in [3.05, 3.63) is 205 Å². The lowest BCUT2D eigenvalue weighted by Gasteiger charge is -2.44. The number of ether oxygens (including phenoxy) is 1. The van der Waals surface area contributed by atoms with Crippen molar-refractivity contribution in [2.24, 2.45) is 5.11 Å². The van der Waals surface area contributed by atoms with Crippen molar-refractivity contribution in [2.75, 3.05) is 6.73 Å². The molecule has 6 nitrogen and oxygen atoms in total. The molecule has 0 spiro atoms. The molecule has 0 atom stereocenters. The Morgan fingerprint density at radius 2 is 0.783 bits per heavy atom. The molecule has 69 heavy (non-hydrogen) atoms. The standard InChI is InChI=1S/C24BF20.C18H15N4O2/c26-5-1(6(27)14(35)21(42)13(5)34)25(2-7(28)15(36)22(43)16(37)8(2)29,3-9(30)17(38)23(44)18(39)10(3)31)4-11(32)19(40)24(45)20(41)12(4)33;19-21-20-13-24-18(23)17-16-9-5-4-8-15(16)10-11-22(17)12-14-6-2-1-3-7-14/h;1-11H,12-13H2/q-1;+1. The zero-order valence-electron chi connectivity index (χ0n) is 33.0. The van der Waals surface area contributed by atoms with Crippen molar-refractivity contribution in [2.45, 2.75) is 6.54 Å². The summed E-state index contributed by atoms with van der Waals surface area (Å²) in [7, 11) is 0. The summed E-state index contributed by atoms with van der Waals surface area (Å²) in [6.45, 7) is 0.210. The predicted molar refractivity (Wildman–Crippen MR) is 198 cm³/mol. The third-order valence-electron chi connectivity index (χ3n) is 10.3. The van der Waals surface area contributed by atoms with E-state index < -0.39 is 150 Å². The summed E-state index contributed by atoms with van der Waals surface area (Å²) < 4.78 is 301. The van der Waals surface area contributed by atoms with Crippen molar-refractivity contribution in [3.63, 3.8) is 0 Å². The fourth-order valence-corrected chi connectivity index (χ4v) is 7.45. The highest BCUT2D eigenvalue weighted by Crippen LogP contribution is 2.31. The van der Waals surface area contributed by atoms with Gasteiger partial charge in [-0.1, -0.05) is 53.6 Å². The SMILES string of the molecule is Fc1c(F)c(F)c([B-](c2c(F)c(F)c(F)c(F)c2F)(c2c(F)c(F)c(F)c(F)c2F)c2c(F)c(F)c(F)c(F)c2F)c(F)c1F.[N-]=[N+]=NCOC(=O)c1c2ccccc2cc[n+]1Cc1ccccc1. The molecule has 358 valence electrons. The third kappa shape index (κ3) is 8.24. The first kappa shape index (κ1) is 50.6. The molecule has 0 aliphatic heterocycles. The van der Waals surface area contributed by atoms with Gasteiger partial charge in [0.25, 0.3) is 5.69 Å². The van der Waals surface area contributed by atoms with E-state index in [0.717, 1.165) is 16.3 Å². The third-order valence-corrected chi connectivity index (χ3v) is 10.3. The van der Waals surface area contributed by atoms with E-state index >= 15 is 35.1 Å². The van der Waals surface area contributed by atoms with Gasteiger partial charge in [0.1, 0.15) is 52.7 Å². The molecule has 0 radical (unpaired) electrons. The quantitative estimate of drug-likeness (QED) is 0.0166. The fraction of sp³-hybridized carbons (Fsp3) is 0.0476. The molecule has 0 unspecified atom stereocenters. The second kappa shape index (κ2) is 19.4. The van der Waals surface area contributed by atoms with Crippen LogP contribution in [0.15, 0.2) is 72.0 Å². The van der Waals surface area contributed by atoms with Crippen LogP contribution in [0.4, 0.5) is 87.8 Å². The molecule has 0 fully saturated rings. The number of carbonyl (C=O) groups is 1. The summed E-state index contributed by atoms with van der Waals surface area (Å²) >= 11 is 0. The molecule has 7 aromatic rings. The Labute approximate surface area is 369 Å². The Bertz CT molecular complexity index is 2920. The molecular weight excluding hydrogens is 983 g/mol. The Hall–Kier alpha value is -7.83. The molecule has 0 aliphatic carbocycles. The fourth-order valence-electron chi connectivity index (χ4n) is 7.45. The van der Waals surface area contributed by atoms with Gasteiger partial charge in [-0.3, -0.25) is 0 Å². The summed E-state index contributed by atoms with van der Waals surface area (Å²) in [5.41, 5.74) is -4.49. The highest BCUT2D eigenvalue weighted by Gasteiger charge is 2.52. The number of nitrogens with zero attached hydrogens (tertiary/aromatic N) is 4. The summed E-state index contributed by atoms with van der Waals surface area (Å²) in [6, 6.07) is 19.4. The zero-order chi connectivity index (χ0) is 51.1. The number of halogens is 20. The second-order valence-corrected chi connectivity index (χ2v) is 14.0. The van der Waals surface area contributed by atoms with Crippen LogP contribution in [0.3, 0.4) is 0 Å². The van der Waals surface area contributed by atoms with E-state index in [1.54, 1.807) is 0 Å². The summed E-state index contributed by atoms with van der Waals surface area (Å²) in [5.74, 6) is -71.9. The first-order valence-electron chi connectivity index (χ1n) is 18.4. The van der Waals surface area contributed by atoms with E-state index in [2.05, 4.69) is 10.0 Å². The topological polar surface area (TPSA) is 78.9 Å². The van der Waals surface area contributed by atoms with Gasteiger partial charge < -0.3 is 4.74 Å². The number of esters is 1. The van der Waals surface area contributed by atoms with Crippen molar-refractivity contribution < 1.29 is 102 Å². The van der Waals surface area contributed by atoms with Crippen LogP contribution in [0.1, 0.15) is 16.1 Å². The highest BCUT2D eigenvalue weighted by molar-refractivity contribution is 7.20. The van der Waals surface area contributed by atoms with E-state index in [9.17, 15) is 57.5 Å². The Morgan fingerprint density at radius 1 is 0.464 bits per heavy atom. The van der Waals surface area contributed by atoms with Crippen LogP contribution < -0.4 is 26.4 Å². The second-order valence-electron chi connectivity index (χ2n) is 14.0. The molecule has 1 aromatic heterocycles. The predicted octanol–water partition coefficient (Wildman–Crippen LogP) is 9.45. The van der Waals surface area contributed by atoms with Crippen molar-refractivity contribution in [1.82, 2.24) is 0 Å². The average Bonchev–Trinajstić information content (AvgIpc) is 3.34. The van der Waals surface area contributed by atoms with Crippen LogP contribution in [0.25, 0.3) is 21.2 Å². The van der Waals surface area contributed by atoms with Gasteiger partial charge in [0.2, 0.25) is 0 Å². The number of carbonyl (C=O) groups excluding carboxylic acids is 1. The summed E-state index contributed by atoms with van der Waals surface area (Å²) in [6.07, 6.45) is -5.36. The number of azide groups is 1. The average molecular weight is 998 g/mol. The van der Waals surface area contributed by atoms with Crippen LogP contribution in [-0.4, -0.2) is 18.8 Å². The van der Waals surface area contributed by atoms with E-state index in [1.165, 1.54) is 0 Å². The van der Waals surface area contributed by atoms with Gasteiger partial charge in [0, 0.05) is 16.5 Å². The molecule has 0 amide bonds. The molecule has 27 heteroatoms. The molecular formula is C42H15BF20N4O2. The molecule has 7 rings (SSSR count). The van der Waals surface area contributed by atoms with E-state index in [-0.39, 0.29) is 6.73 Å². The minimum atomic E-state index is -7.22. The van der Waals surface area contributed by atoms with Crippen LogP contribution in [0.5, 0.6) is 0 Å². The van der Waals surface area contributed by atoms with Gasteiger partial charge in [-0.25, -0.2) is 92.6 Å². The molecule has 0 N–H and O–H groups in total. The zero-order valence-corrected chi connectivity index (χ0v) is 33.0. The van der Waals surface area contributed by atoms with Gasteiger partial charge in [0.15, 0.2) is 89.3 Å². The maximum atomic E-state index is 15.4. The van der Waals surface area contributed by atoms with Crippen molar-refractivity contribution in [3.8, 4) is 0 Å². The first-order chi connectivity index (χ1) is 32.5. The Morgan fingerprint density at radius 3 is 1.13 bits per heavy atom. The van der Waals surface area contributed by atoms with Crippen LogP contribution in [0, 0.1) is 116 Å². The molecule has 1 heterocycles. The van der Waals surface area contributed by atoms with Gasteiger partial charge in [0.05, 0.1) is 5.39 Å². The molecule has 0 aliphatic rings. The van der Waals surface area contributed by atoms with Crippen LogP contribution in [0.2, 0.25) is 0 Å². The largest absolute Gasteiger partial charge is 0.452 e. The van der Waals surface area contributed by atoms with Gasteiger partial charge in [-0.2, -0.15) is 4.57 Å². The lowest BCUT2D eigenvalue weighted by Crippen LogP contribution is -2.81. The Kier molecular flexibility index (Phi) is 14.2.